The molecule has 0 spiro atoms. The predicted molar refractivity (Wildman–Crippen MR) is 127 cm³/mol. The Hall–Kier alpha value is 0. The lowest BCUT2D eigenvalue weighted by molar-refractivity contribution is -0.0689. The van der Waals surface area contributed by atoms with Crippen LogP contribution in [0.2, 0.25) is 0 Å². The molecule has 9 aliphatic rings. The van der Waals surface area contributed by atoms with Crippen molar-refractivity contribution in [3.8, 4) is 0 Å². The molecule has 0 aromatic carbocycles. The molecule has 0 radical (unpaired) electrons. The van der Waals surface area contributed by atoms with Crippen LogP contribution in [0.4, 0.5) is 0 Å². The van der Waals surface area contributed by atoms with E-state index < -0.39 is 0 Å². The van der Waals surface area contributed by atoms with Gasteiger partial charge in [0, 0.05) is 0 Å². The molecule has 0 aromatic heterocycles. The molecule has 6 atom stereocenters. The molecule has 0 nitrogen and oxygen atoms in total. The van der Waals surface area contributed by atoms with Gasteiger partial charge >= 0.3 is 0 Å². The van der Waals surface area contributed by atoms with Gasteiger partial charge in [-0.25, -0.2) is 0 Å². The average Bonchev–Trinajstić information content (AvgIpc) is 2.82. The maximum atomic E-state index is 2.54. The van der Waals surface area contributed by atoms with Gasteiger partial charge in [-0.05, 0) is 161 Å². The smallest absolute Gasteiger partial charge is 0.0352 e. The number of fused-ring (bicyclic) bond motifs is 9. The predicted octanol–water partition coefficient (Wildman–Crippen LogP) is 8.74. The van der Waals surface area contributed by atoms with Gasteiger partial charge in [0.2, 0.25) is 0 Å². The maximum Gasteiger partial charge on any atom is -0.0352 e. The zero-order valence-electron chi connectivity index (χ0n) is 20.2. The lowest BCUT2D eigenvalue weighted by atomic mass is 9.49. The van der Waals surface area contributed by atoms with Gasteiger partial charge in [0.1, 0.15) is 0 Å². The summed E-state index contributed by atoms with van der Waals surface area (Å²) >= 11 is 0. The lowest BCUT2D eigenvalue weighted by Crippen LogP contribution is -2.48. The summed E-state index contributed by atoms with van der Waals surface area (Å²) in [6.07, 6.45) is 25.5. The van der Waals surface area contributed by atoms with Crippen LogP contribution in [0, 0.1) is 71.0 Å². The van der Waals surface area contributed by atoms with E-state index in [2.05, 4.69) is 13.8 Å². The van der Waals surface area contributed by atoms with E-state index in [4.69, 9.17) is 0 Å². The third-order valence-corrected chi connectivity index (χ3v) is 12.8. The molecule has 0 heteroatoms. The zero-order chi connectivity index (χ0) is 20.2. The molecule has 30 heavy (non-hydrogen) atoms. The van der Waals surface area contributed by atoms with Crippen LogP contribution in [0.15, 0.2) is 0 Å². The van der Waals surface area contributed by atoms with Crippen LogP contribution < -0.4 is 0 Å². The molecule has 9 saturated carbocycles. The Morgan fingerprint density at radius 2 is 0.533 bits per heavy atom. The molecule has 170 valence electrons. The minimum Gasteiger partial charge on any atom is -0.0651 e. The average molecular weight is 411 g/mol. The van der Waals surface area contributed by atoms with Gasteiger partial charge in [-0.1, -0.05) is 26.7 Å². The Bertz CT molecular complexity index is 517. The first-order valence-corrected chi connectivity index (χ1v) is 14.8. The first-order chi connectivity index (χ1) is 14.8. The molecule has 6 unspecified atom stereocenters. The van der Waals surface area contributed by atoms with E-state index >= 15 is 0 Å². The molecular weight excluding hydrogens is 360 g/mol. The van der Waals surface area contributed by atoms with Crippen molar-refractivity contribution in [1.82, 2.24) is 0 Å². The van der Waals surface area contributed by atoms with Crippen LogP contribution in [0.25, 0.3) is 0 Å². The Labute approximate surface area is 187 Å². The Morgan fingerprint density at radius 3 is 0.767 bits per heavy atom. The summed E-state index contributed by atoms with van der Waals surface area (Å²) in [4.78, 5) is 0. The summed E-state index contributed by atoms with van der Waals surface area (Å²) < 4.78 is 0. The van der Waals surface area contributed by atoms with Crippen LogP contribution in [0.1, 0.15) is 117 Å². The van der Waals surface area contributed by atoms with Gasteiger partial charge in [-0.15, -0.1) is 0 Å². The van der Waals surface area contributed by atoms with Gasteiger partial charge in [-0.3, -0.25) is 0 Å². The highest BCUT2D eigenvalue weighted by Crippen LogP contribution is 2.60. The van der Waals surface area contributed by atoms with E-state index in [0.717, 1.165) is 71.0 Å². The molecule has 0 heterocycles. The van der Waals surface area contributed by atoms with Gasteiger partial charge in [0.25, 0.3) is 0 Å². The summed E-state index contributed by atoms with van der Waals surface area (Å²) in [6, 6.07) is 0. The van der Waals surface area contributed by atoms with Crippen molar-refractivity contribution in [2.45, 2.75) is 117 Å². The number of hydrogen-bond acceptors (Lipinski definition) is 0. The van der Waals surface area contributed by atoms with Gasteiger partial charge < -0.3 is 0 Å². The fourth-order valence-electron chi connectivity index (χ4n) is 11.5. The summed E-state index contributed by atoms with van der Waals surface area (Å²) in [5.74, 6) is 13.4. The van der Waals surface area contributed by atoms with E-state index in [1.807, 2.05) is 0 Å². The summed E-state index contributed by atoms with van der Waals surface area (Å²) in [7, 11) is 0. The number of hydrogen-bond donors (Lipinski definition) is 0. The molecule has 0 saturated heterocycles. The van der Waals surface area contributed by atoms with Crippen molar-refractivity contribution < 1.29 is 0 Å². The normalized spacial score (nSPS) is 54.6. The monoisotopic (exact) mass is 410 g/mol. The van der Waals surface area contributed by atoms with Crippen LogP contribution >= 0.6 is 0 Å². The van der Waals surface area contributed by atoms with E-state index in [9.17, 15) is 0 Å². The molecule has 0 N–H and O–H groups in total. The van der Waals surface area contributed by atoms with E-state index in [-0.39, 0.29) is 0 Å². The van der Waals surface area contributed by atoms with Crippen LogP contribution in [-0.4, -0.2) is 0 Å². The van der Waals surface area contributed by atoms with Crippen LogP contribution in [0.5, 0.6) is 0 Å². The Balaban J connectivity index is 1.22. The third kappa shape index (κ3) is 3.36. The lowest BCUT2D eigenvalue weighted by Gasteiger charge is -2.57. The standard InChI is InChI=1S/C30H50/c1-3-25-19-5-9-21(10-6-19)27(25)17-29-23-13-15-24(16-14-23)30(29)18-28-22-11-7-20(8-12-22)26(28)4-2/h19-30H,3-18H2,1-2H3. The van der Waals surface area contributed by atoms with Crippen molar-refractivity contribution in [2.75, 3.05) is 0 Å². The fourth-order valence-corrected chi connectivity index (χ4v) is 11.5. The highest BCUT2D eigenvalue weighted by atomic mass is 14.6. The second kappa shape index (κ2) is 8.41. The summed E-state index contributed by atoms with van der Waals surface area (Å²) in [5.41, 5.74) is 0. The zero-order valence-corrected chi connectivity index (χ0v) is 20.2. The highest BCUT2D eigenvalue weighted by Gasteiger charge is 2.51. The van der Waals surface area contributed by atoms with Crippen molar-refractivity contribution >= 4 is 0 Å². The number of rotatable bonds is 6. The quantitative estimate of drug-likeness (QED) is 0.410. The molecule has 9 aliphatic carbocycles. The fraction of sp³-hybridized carbons (Fsp3) is 1.00. The highest BCUT2D eigenvalue weighted by molar-refractivity contribution is 5.01. The maximum absolute atomic E-state index is 2.54. The van der Waals surface area contributed by atoms with Crippen molar-refractivity contribution in [2.24, 2.45) is 71.0 Å². The van der Waals surface area contributed by atoms with Gasteiger partial charge in [0.15, 0.2) is 0 Å². The van der Waals surface area contributed by atoms with E-state index in [1.165, 1.54) is 12.8 Å². The van der Waals surface area contributed by atoms with Crippen molar-refractivity contribution in [3.63, 3.8) is 0 Å². The molecule has 0 aliphatic heterocycles. The van der Waals surface area contributed by atoms with Gasteiger partial charge in [0.05, 0.1) is 0 Å². The topological polar surface area (TPSA) is 0 Å². The van der Waals surface area contributed by atoms with Gasteiger partial charge in [-0.2, -0.15) is 0 Å². The second-order valence-electron chi connectivity index (χ2n) is 13.3. The summed E-state index contributed by atoms with van der Waals surface area (Å²) in [6.45, 7) is 5.07. The minimum absolute atomic E-state index is 1.10. The molecule has 9 rings (SSSR count). The first-order valence-electron chi connectivity index (χ1n) is 14.8. The second-order valence-corrected chi connectivity index (χ2v) is 13.3. The molecule has 6 bridgehead atoms. The minimum atomic E-state index is 1.10. The Morgan fingerprint density at radius 1 is 0.333 bits per heavy atom. The van der Waals surface area contributed by atoms with Crippen LogP contribution in [0.3, 0.4) is 0 Å². The van der Waals surface area contributed by atoms with Crippen molar-refractivity contribution in [1.29, 1.82) is 0 Å². The van der Waals surface area contributed by atoms with E-state index in [1.54, 1.807) is 89.9 Å². The van der Waals surface area contributed by atoms with Crippen molar-refractivity contribution in [3.05, 3.63) is 0 Å². The summed E-state index contributed by atoms with van der Waals surface area (Å²) in [5, 5.41) is 0. The molecular formula is C30H50. The SMILES string of the molecule is CCC1C2CCC(CC2)C1CC1C2CCC(CC2)C1CC1C2CCC(CC2)C1CC. The largest absolute Gasteiger partial charge is 0.0651 e. The molecule has 0 amide bonds. The Kier molecular flexibility index (Phi) is 5.77. The van der Waals surface area contributed by atoms with Crippen LogP contribution in [-0.2, 0) is 0 Å². The molecule has 0 aromatic rings. The van der Waals surface area contributed by atoms with E-state index in [0.29, 0.717) is 0 Å². The first kappa shape index (κ1) is 20.6. The molecule has 9 fully saturated rings. The third-order valence-electron chi connectivity index (χ3n) is 12.8.